The molecule has 5 rings (SSSR count). The van der Waals surface area contributed by atoms with Crippen LogP contribution in [0.3, 0.4) is 0 Å². The Morgan fingerprint density at radius 3 is 2.30 bits per heavy atom. The molecule has 4 aliphatic heterocycles. The lowest BCUT2D eigenvalue weighted by atomic mass is 9.95. The van der Waals surface area contributed by atoms with Crippen LogP contribution >= 0.6 is 0 Å². The number of guanidine groups is 1. The van der Waals surface area contributed by atoms with Crippen LogP contribution in [-0.2, 0) is 23.7 Å². The lowest BCUT2D eigenvalue weighted by Crippen LogP contribution is -2.69. The summed E-state index contributed by atoms with van der Waals surface area (Å²) >= 11 is 0. The average molecular weight is 936 g/mol. The Hall–Kier alpha value is -5.58. The zero-order valence-electron chi connectivity index (χ0n) is 37.0. The van der Waals surface area contributed by atoms with E-state index in [4.69, 9.17) is 46.6 Å². The number of ether oxygens (including phenoxy) is 5. The molecule has 0 spiro atoms. The standard InChI is InChI=1S/C40H65N13O13/c1-19(2)46-15-5-4-13-45-14-6-16-47-25(55)12-9-21-7-10-22(11-8-21)65-34-29(48-36(41)42)32(57)26(20(3)64-34)50-39(60)52-33-28(49-37(43)58)31(56)24(18-62-33)66-35-30-27(23(54)17-63-35)51-40(61)53(30)38(44)59/h7-12,19-20,23-24,26-35,45-46,54,56-57H,4-6,13-18H2,1-3H3,(H2,44,59)(H,47,55)(H,51,61)(H4,41,42,48)(H3,43,49,58)(H2,50,52,60)/b12-9+/t20-,23+,24-,26-,27-,28-,29-,30+,31+,32+,33+,34-,35?/m1/s1. The number of aliphatic hydroxyl groups excluding tert-OH is 3. The number of imide groups is 1. The van der Waals surface area contributed by atoms with Crippen molar-refractivity contribution in [3.63, 3.8) is 0 Å². The molecule has 0 aliphatic carbocycles. The molecular weight excluding hydrogens is 871 g/mol. The molecule has 4 aliphatic rings. The molecule has 18 N–H and O–H groups in total. The van der Waals surface area contributed by atoms with Crippen molar-refractivity contribution in [2.75, 3.05) is 39.4 Å². The molecule has 9 amide bonds. The minimum Gasteiger partial charge on any atom is -0.462 e. The van der Waals surface area contributed by atoms with Crippen molar-refractivity contribution in [3.05, 3.63) is 35.9 Å². The van der Waals surface area contributed by atoms with E-state index in [0.717, 1.165) is 38.9 Å². The molecule has 26 nitrogen and oxygen atoms in total. The van der Waals surface area contributed by atoms with Crippen molar-refractivity contribution in [3.8, 4) is 5.75 Å². The van der Waals surface area contributed by atoms with Gasteiger partial charge in [0, 0.05) is 18.7 Å². The third-order valence-electron chi connectivity index (χ3n) is 11.1. The first-order valence-electron chi connectivity index (χ1n) is 21.8. The molecule has 4 saturated heterocycles. The van der Waals surface area contributed by atoms with Crippen LogP contribution in [0.15, 0.2) is 35.3 Å². The third kappa shape index (κ3) is 14.2. The normalized spacial score (nSPS) is 30.8. The van der Waals surface area contributed by atoms with Crippen LogP contribution in [0.5, 0.6) is 5.75 Å². The molecule has 1 unspecified atom stereocenters. The second-order valence-electron chi connectivity index (χ2n) is 16.5. The van der Waals surface area contributed by atoms with Gasteiger partial charge in [0.05, 0.1) is 37.5 Å². The highest BCUT2D eigenvalue weighted by molar-refractivity contribution is 5.95. The van der Waals surface area contributed by atoms with Gasteiger partial charge in [0.25, 0.3) is 0 Å². The van der Waals surface area contributed by atoms with E-state index in [-0.39, 0.29) is 12.5 Å². The van der Waals surface area contributed by atoms with E-state index in [2.05, 4.69) is 56.1 Å². The first-order chi connectivity index (χ1) is 31.4. The quantitative estimate of drug-likeness (QED) is 0.0257. The number of aliphatic hydroxyl groups is 3. The van der Waals surface area contributed by atoms with Gasteiger partial charge in [-0.3, -0.25) is 4.79 Å². The maximum Gasteiger partial charge on any atom is 0.326 e. The van der Waals surface area contributed by atoms with Gasteiger partial charge in [-0.1, -0.05) is 26.0 Å². The highest BCUT2D eigenvalue weighted by Crippen LogP contribution is 2.30. The maximum absolute atomic E-state index is 13.5. The van der Waals surface area contributed by atoms with Crippen molar-refractivity contribution in [1.29, 1.82) is 0 Å². The Bertz CT molecular complexity index is 1860. The zero-order chi connectivity index (χ0) is 48.1. The fourth-order valence-corrected chi connectivity index (χ4v) is 7.83. The summed E-state index contributed by atoms with van der Waals surface area (Å²) in [7, 11) is 0. The third-order valence-corrected chi connectivity index (χ3v) is 11.1. The molecule has 0 bridgehead atoms. The molecule has 26 heteroatoms. The fourth-order valence-electron chi connectivity index (χ4n) is 7.83. The summed E-state index contributed by atoms with van der Waals surface area (Å²) in [4.78, 5) is 67.1. The summed E-state index contributed by atoms with van der Waals surface area (Å²) in [5.74, 6) is -0.317. The number of nitrogens with two attached hydrogens (primary N) is 4. The number of aliphatic imine (C=N–C) groups is 1. The number of nitrogens with one attached hydrogen (secondary N) is 7. The van der Waals surface area contributed by atoms with E-state index in [9.17, 15) is 39.3 Å². The highest BCUT2D eigenvalue weighted by atomic mass is 16.7. The Morgan fingerprint density at radius 1 is 0.909 bits per heavy atom. The molecule has 368 valence electrons. The molecule has 13 atom stereocenters. The van der Waals surface area contributed by atoms with Crippen molar-refractivity contribution < 1.29 is 63.0 Å². The lowest BCUT2D eigenvalue weighted by Gasteiger charge is -2.44. The van der Waals surface area contributed by atoms with Crippen molar-refractivity contribution in [1.82, 2.24) is 42.1 Å². The van der Waals surface area contributed by atoms with Crippen LogP contribution in [0.1, 0.15) is 45.6 Å². The van der Waals surface area contributed by atoms with Gasteiger partial charge in [0.1, 0.15) is 42.2 Å². The molecule has 4 fully saturated rings. The van der Waals surface area contributed by atoms with Crippen LogP contribution in [0.4, 0.5) is 19.2 Å². The number of fused-ring (bicyclic) bond motifs is 1. The van der Waals surface area contributed by atoms with E-state index in [1.165, 1.54) is 6.08 Å². The van der Waals surface area contributed by atoms with Crippen LogP contribution < -0.4 is 64.9 Å². The number of amides is 9. The molecule has 1 aromatic rings. The lowest BCUT2D eigenvalue weighted by molar-refractivity contribution is -0.268. The SMILES string of the molecule is CC(C)NCCCCNCCCNC(=O)/C=C/c1ccc(O[C@H]2O[C@H](C)[C@@H](NC(=O)N[C@H]3OC[C@@H](OC4OC[C@H](O)[C@H]5NC(=O)N(C(N)=O)[C@H]45)[C@H](O)[C@H]3NC(N)=O)[C@H](O)[C@H]2N=C(N)N)cc1. The van der Waals surface area contributed by atoms with Gasteiger partial charge in [-0.2, -0.15) is 0 Å². The molecule has 0 aromatic heterocycles. The van der Waals surface area contributed by atoms with Crippen molar-refractivity contribution in [2.24, 2.45) is 27.9 Å². The van der Waals surface area contributed by atoms with Gasteiger partial charge < -0.3 is 99.2 Å². The molecule has 0 saturated carbocycles. The molecular formula is C40H65N13O13. The summed E-state index contributed by atoms with van der Waals surface area (Å²) in [6, 6.07) is -3.03. The number of rotatable bonds is 20. The smallest absolute Gasteiger partial charge is 0.326 e. The van der Waals surface area contributed by atoms with E-state index >= 15 is 0 Å². The zero-order valence-corrected chi connectivity index (χ0v) is 37.0. The van der Waals surface area contributed by atoms with Gasteiger partial charge in [-0.05, 0) is 69.6 Å². The minimum absolute atomic E-state index is 0.232. The summed E-state index contributed by atoms with van der Waals surface area (Å²) in [6.45, 7) is 8.33. The maximum atomic E-state index is 13.5. The predicted octanol–water partition coefficient (Wildman–Crippen LogP) is -3.93. The second kappa shape index (κ2) is 24.3. The van der Waals surface area contributed by atoms with Crippen LogP contribution in [0, 0.1) is 0 Å². The largest absolute Gasteiger partial charge is 0.462 e. The van der Waals surface area contributed by atoms with Crippen LogP contribution in [0.2, 0.25) is 0 Å². The summed E-state index contributed by atoms with van der Waals surface area (Å²) < 4.78 is 29.4. The Kier molecular flexibility index (Phi) is 18.9. The van der Waals surface area contributed by atoms with Gasteiger partial charge in [-0.15, -0.1) is 0 Å². The Balaban J connectivity index is 1.12. The van der Waals surface area contributed by atoms with Gasteiger partial charge >= 0.3 is 24.1 Å². The van der Waals surface area contributed by atoms with E-state index in [0.29, 0.717) is 28.8 Å². The fraction of sp³-hybridized carbons (Fsp3) is 0.650. The topological polar surface area (TPSA) is 396 Å². The number of hydrogen-bond acceptors (Lipinski definition) is 16. The van der Waals surface area contributed by atoms with Crippen LogP contribution in [-0.4, -0.2) is 181 Å². The summed E-state index contributed by atoms with van der Waals surface area (Å²) in [5.41, 5.74) is 22.9. The molecule has 0 radical (unpaired) electrons. The number of carbonyl (C=O) groups is 5. The first kappa shape index (κ1) is 51.4. The average Bonchev–Trinajstić information content (AvgIpc) is 3.62. The number of nitrogens with zero attached hydrogens (tertiary/aromatic N) is 2. The highest BCUT2D eigenvalue weighted by Gasteiger charge is 2.55. The number of carbonyl (C=O) groups excluding carboxylic acids is 5. The van der Waals surface area contributed by atoms with E-state index in [1.807, 2.05) is 0 Å². The number of benzene rings is 1. The van der Waals surface area contributed by atoms with Gasteiger partial charge in [-0.25, -0.2) is 29.1 Å². The number of unbranched alkanes of at least 4 members (excludes halogenated alkanes) is 1. The first-order valence-corrected chi connectivity index (χ1v) is 21.8. The number of urea groups is 4. The second-order valence-corrected chi connectivity index (χ2v) is 16.5. The summed E-state index contributed by atoms with van der Waals surface area (Å²) in [5, 5.41) is 52.7. The monoisotopic (exact) mass is 935 g/mol. The molecule has 66 heavy (non-hydrogen) atoms. The molecule has 4 heterocycles. The van der Waals surface area contributed by atoms with Crippen molar-refractivity contribution in [2.45, 2.75) is 126 Å². The number of hydrogen-bond donors (Lipinski definition) is 14. The van der Waals surface area contributed by atoms with Crippen molar-refractivity contribution >= 4 is 42.1 Å². The van der Waals surface area contributed by atoms with Gasteiger partial charge in [0.2, 0.25) is 12.2 Å². The predicted molar refractivity (Wildman–Crippen MR) is 235 cm³/mol. The summed E-state index contributed by atoms with van der Waals surface area (Å²) in [6.07, 6.45) is -4.60. The molecule has 1 aromatic carbocycles. The van der Waals surface area contributed by atoms with Crippen LogP contribution in [0.25, 0.3) is 6.08 Å². The van der Waals surface area contributed by atoms with Gasteiger partial charge in [0.15, 0.2) is 18.5 Å². The number of primary amides is 2. The van der Waals surface area contributed by atoms with E-state index < -0.39 is 116 Å². The Labute approximate surface area is 381 Å². The minimum atomic E-state index is -1.64. The Morgan fingerprint density at radius 2 is 1.62 bits per heavy atom. The van der Waals surface area contributed by atoms with E-state index in [1.54, 1.807) is 37.3 Å².